The fourth-order valence-corrected chi connectivity index (χ4v) is 3.54. The average Bonchev–Trinajstić information content (AvgIpc) is 3.04. The number of hydrogen-bond acceptors (Lipinski definition) is 5. The van der Waals surface area contributed by atoms with Crippen LogP contribution in [-0.2, 0) is 6.54 Å². The molecule has 0 saturated carbocycles. The van der Waals surface area contributed by atoms with Crippen molar-refractivity contribution in [2.24, 2.45) is 0 Å². The Balaban J connectivity index is 0.00000192. The first-order valence-electron chi connectivity index (χ1n) is 8.18. The van der Waals surface area contributed by atoms with Gasteiger partial charge in [-0.05, 0) is 24.1 Å². The van der Waals surface area contributed by atoms with Crippen molar-refractivity contribution in [1.82, 2.24) is 15.1 Å². The molecule has 2 aliphatic rings. The monoisotopic (exact) mass is 341 g/mol. The minimum atomic E-state index is 0. The van der Waals surface area contributed by atoms with Crippen LogP contribution in [0.25, 0.3) is 0 Å². The Morgan fingerprint density at radius 3 is 2.52 bits per heavy atom. The number of piperazine rings is 1. The second-order valence-electron chi connectivity index (χ2n) is 6.15. The summed E-state index contributed by atoms with van der Waals surface area (Å²) in [5.41, 5.74) is 1.29. The number of methoxy groups -OCH3 is 2. The molecule has 0 radical (unpaired) electrons. The van der Waals surface area contributed by atoms with Gasteiger partial charge in [0.15, 0.2) is 11.5 Å². The van der Waals surface area contributed by atoms with E-state index in [4.69, 9.17) is 9.47 Å². The lowest BCUT2D eigenvalue weighted by atomic mass is 10.2. The van der Waals surface area contributed by atoms with Gasteiger partial charge in [-0.25, -0.2) is 0 Å². The lowest BCUT2D eigenvalue weighted by molar-refractivity contribution is 0.170. The molecule has 5 nitrogen and oxygen atoms in total. The van der Waals surface area contributed by atoms with Crippen LogP contribution in [0.5, 0.6) is 11.5 Å². The number of rotatable bonds is 5. The molecule has 1 aromatic carbocycles. The normalized spacial score (nSPS) is 22.6. The minimum absolute atomic E-state index is 0. The van der Waals surface area contributed by atoms with Crippen LogP contribution in [0.15, 0.2) is 18.2 Å². The average molecular weight is 342 g/mol. The van der Waals surface area contributed by atoms with Gasteiger partial charge >= 0.3 is 0 Å². The first-order chi connectivity index (χ1) is 10.8. The van der Waals surface area contributed by atoms with Crippen molar-refractivity contribution in [3.05, 3.63) is 23.8 Å². The Morgan fingerprint density at radius 1 is 1.09 bits per heavy atom. The van der Waals surface area contributed by atoms with E-state index in [1.807, 2.05) is 6.07 Å². The van der Waals surface area contributed by atoms with Crippen molar-refractivity contribution in [3.63, 3.8) is 0 Å². The number of benzene rings is 1. The van der Waals surface area contributed by atoms with Crippen molar-refractivity contribution in [2.45, 2.75) is 19.0 Å². The smallest absolute Gasteiger partial charge is 0.161 e. The highest BCUT2D eigenvalue weighted by molar-refractivity contribution is 5.85. The molecule has 1 N–H and O–H groups in total. The lowest BCUT2D eigenvalue weighted by Gasteiger charge is -2.32. The molecule has 130 valence electrons. The first kappa shape index (κ1) is 18.3. The van der Waals surface area contributed by atoms with Crippen molar-refractivity contribution in [2.75, 3.05) is 53.5 Å². The van der Waals surface area contributed by atoms with E-state index in [0.717, 1.165) is 37.2 Å². The maximum absolute atomic E-state index is 5.40. The third-order valence-corrected chi connectivity index (χ3v) is 4.77. The van der Waals surface area contributed by atoms with Crippen LogP contribution in [0.4, 0.5) is 0 Å². The molecule has 6 heteroatoms. The van der Waals surface area contributed by atoms with Crippen molar-refractivity contribution >= 4 is 12.4 Å². The summed E-state index contributed by atoms with van der Waals surface area (Å²) in [6, 6.07) is 6.95. The fraction of sp³-hybridized carbons (Fsp3) is 0.647. The number of likely N-dealkylation sites (tertiary alicyclic amines) is 1. The van der Waals surface area contributed by atoms with Crippen LogP contribution in [0.3, 0.4) is 0 Å². The van der Waals surface area contributed by atoms with Gasteiger partial charge in [0.2, 0.25) is 0 Å². The Hall–Kier alpha value is -1.01. The van der Waals surface area contributed by atoms with Crippen LogP contribution in [0.2, 0.25) is 0 Å². The quantitative estimate of drug-likeness (QED) is 0.880. The number of hydrogen-bond donors (Lipinski definition) is 1. The molecule has 1 atom stereocenters. The molecule has 1 unspecified atom stereocenters. The minimum Gasteiger partial charge on any atom is -0.493 e. The van der Waals surface area contributed by atoms with E-state index in [1.165, 1.54) is 38.2 Å². The predicted octanol–water partition coefficient (Wildman–Crippen LogP) is 1.61. The SMILES string of the molecule is COc1ccc(CN2CCC(N3CCNCC3)C2)cc1OC.Cl. The molecule has 3 rings (SSSR count). The topological polar surface area (TPSA) is 37.0 Å². The van der Waals surface area contributed by atoms with Crippen molar-refractivity contribution < 1.29 is 9.47 Å². The summed E-state index contributed by atoms with van der Waals surface area (Å²) in [6.45, 7) is 7.99. The highest BCUT2D eigenvalue weighted by Crippen LogP contribution is 2.28. The zero-order valence-electron chi connectivity index (χ0n) is 14.1. The third kappa shape index (κ3) is 4.51. The molecule has 0 amide bonds. The fourth-order valence-electron chi connectivity index (χ4n) is 3.54. The number of nitrogens with one attached hydrogen (secondary N) is 1. The van der Waals surface area contributed by atoms with Gasteiger partial charge in [0, 0.05) is 51.9 Å². The molecular weight excluding hydrogens is 314 g/mol. The van der Waals surface area contributed by atoms with E-state index in [0.29, 0.717) is 0 Å². The first-order valence-corrected chi connectivity index (χ1v) is 8.18. The highest BCUT2D eigenvalue weighted by atomic mass is 35.5. The van der Waals surface area contributed by atoms with Gasteiger partial charge < -0.3 is 14.8 Å². The second kappa shape index (κ2) is 8.73. The molecule has 0 aromatic heterocycles. The van der Waals surface area contributed by atoms with Crippen LogP contribution >= 0.6 is 12.4 Å². The van der Waals surface area contributed by atoms with Crippen LogP contribution < -0.4 is 14.8 Å². The number of nitrogens with zero attached hydrogens (tertiary/aromatic N) is 2. The van der Waals surface area contributed by atoms with Gasteiger partial charge in [0.25, 0.3) is 0 Å². The largest absolute Gasteiger partial charge is 0.493 e. The summed E-state index contributed by atoms with van der Waals surface area (Å²) in [7, 11) is 3.37. The zero-order chi connectivity index (χ0) is 15.4. The van der Waals surface area contributed by atoms with E-state index < -0.39 is 0 Å². The van der Waals surface area contributed by atoms with Crippen LogP contribution in [-0.4, -0.2) is 69.3 Å². The second-order valence-corrected chi connectivity index (χ2v) is 6.15. The Morgan fingerprint density at radius 2 is 1.83 bits per heavy atom. The van der Waals surface area contributed by atoms with Crippen LogP contribution in [0, 0.1) is 0 Å². The predicted molar refractivity (Wildman–Crippen MR) is 94.9 cm³/mol. The van der Waals surface area contributed by atoms with Gasteiger partial charge in [-0.15, -0.1) is 12.4 Å². The molecule has 23 heavy (non-hydrogen) atoms. The maximum Gasteiger partial charge on any atom is 0.161 e. The molecule has 2 heterocycles. The maximum atomic E-state index is 5.40. The lowest BCUT2D eigenvalue weighted by Crippen LogP contribution is -2.49. The molecule has 2 aliphatic heterocycles. The van der Waals surface area contributed by atoms with Crippen LogP contribution in [0.1, 0.15) is 12.0 Å². The Kier molecular flexibility index (Phi) is 6.96. The summed E-state index contributed by atoms with van der Waals surface area (Å²) in [6.07, 6.45) is 1.29. The molecule has 2 fully saturated rings. The Bertz CT molecular complexity index is 495. The van der Waals surface area contributed by atoms with E-state index >= 15 is 0 Å². The van der Waals surface area contributed by atoms with Crippen molar-refractivity contribution in [3.8, 4) is 11.5 Å². The van der Waals surface area contributed by atoms with E-state index in [-0.39, 0.29) is 12.4 Å². The van der Waals surface area contributed by atoms with E-state index in [9.17, 15) is 0 Å². The molecule has 2 saturated heterocycles. The van der Waals surface area contributed by atoms with Gasteiger partial charge in [-0.1, -0.05) is 6.07 Å². The standard InChI is InChI=1S/C17H27N3O2.ClH/c1-21-16-4-3-14(11-17(16)22-2)12-19-8-5-15(13-19)20-9-6-18-7-10-20;/h3-4,11,15,18H,5-10,12-13H2,1-2H3;1H. The molecule has 0 spiro atoms. The molecule has 1 aromatic rings. The number of ether oxygens (including phenoxy) is 2. The van der Waals surface area contributed by atoms with E-state index in [2.05, 4.69) is 27.2 Å². The van der Waals surface area contributed by atoms with Gasteiger partial charge in [0.1, 0.15) is 0 Å². The zero-order valence-corrected chi connectivity index (χ0v) is 14.9. The summed E-state index contributed by atoms with van der Waals surface area (Å²) in [5.74, 6) is 1.62. The highest BCUT2D eigenvalue weighted by Gasteiger charge is 2.28. The molecule has 0 aliphatic carbocycles. The summed E-state index contributed by atoms with van der Waals surface area (Å²) in [5, 5.41) is 3.43. The Labute approximate surface area is 145 Å². The van der Waals surface area contributed by atoms with Crippen molar-refractivity contribution in [1.29, 1.82) is 0 Å². The molecular formula is C17H28ClN3O2. The van der Waals surface area contributed by atoms with E-state index in [1.54, 1.807) is 14.2 Å². The summed E-state index contributed by atoms with van der Waals surface area (Å²) in [4.78, 5) is 5.19. The van der Waals surface area contributed by atoms with Gasteiger partial charge in [-0.3, -0.25) is 9.80 Å². The van der Waals surface area contributed by atoms with Gasteiger partial charge in [0.05, 0.1) is 14.2 Å². The molecule has 0 bridgehead atoms. The van der Waals surface area contributed by atoms with Gasteiger partial charge in [-0.2, -0.15) is 0 Å². The number of halogens is 1. The summed E-state index contributed by atoms with van der Waals surface area (Å²) >= 11 is 0. The summed E-state index contributed by atoms with van der Waals surface area (Å²) < 4.78 is 10.7. The third-order valence-electron chi connectivity index (χ3n) is 4.77.